The number of nitrogens with zero attached hydrogens (tertiary/aromatic N) is 3. The molecule has 0 atom stereocenters. The van der Waals surface area contributed by atoms with Crippen LogP contribution < -0.4 is 4.74 Å². The molecule has 1 aliphatic rings. The Morgan fingerprint density at radius 3 is 2.46 bits per heavy atom. The van der Waals surface area contributed by atoms with E-state index in [1.54, 1.807) is 18.5 Å². The number of rotatable bonds is 3. The van der Waals surface area contributed by atoms with Gasteiger partial charge in [0.25, 0.3) is 0 Å². The smallest absolute Gasteiger partial charge is 0.419 e. The number of carbonyl (C=O) groups is 1. The number of aromatic nitrogens is 3. The lowest BCUT2D eigenvalue weighted by molar-refractivity contribution is 0.00817. The fourth-order valence-electron chi connectivity index (χ4n) is 4.03. The highest BCUT2D eigenvalue weighted by Crippen LogP contribution is 2.36. The van der Waals surface area contributed by atoms with Crippen molar-refractivity contribution in [3.05, 3.63) is 41.4 Å². The Balaban J connectivity index is 0.000000795. The maximum Gasteiger partial charge on any atom is 0.419 e. The normalized spacial score (nSPS) is 14.5. The van der Waals surface area contributed by atoms with E-state index in [1.165, 1.54) is 23.8 Å². The van der Waals surface area contributed by atoms with Gasteiger partial charge in [0.15, 0.2) is 0 Å². The molecule has 1 saturated carbocycles. The number of carbonyl (C=O) groups excluding carboxylic acids is 1. The van der Waals surface area contributed by atoms with Crippen molar-refractivity contribution in [1.29, 1.82) is 0 Å². The number of hydrogen-bond acceptors (Lipinski definition) is 5. The molecule has 0 bridgehead atoms. The van der Waals surface area contributed by atoms with Crippen molar-refractivity contribution in [3.8, 4) is 17.0 Å². The Morgan fingerprint density at radius 1 is 1.17 bits per heavy atom. The van der Waals surface area contributed by atoms with E-state index < -0.39 is 18.4 Å². The highest BCUT2D eigenvalue weighted by Gasteiger charge is 2.23. The predicted molar refractivity (Wildman–Crippen MR) is 129 cm³/mol. The van der Waals surface area contributed by atoms with Crippen LogP contribution in [-0.2, 0) is 4.74 Å². The molecule has 0 saturated heterocycles. The van der Waals surface area contributed by atoms with Crippen LogP contribution in [-0.4, -0.2) is 39.0 Å². The third-order valence-electron chi connectivity index (χ3n) is 5.34. The first-order valence-corrected chi connectivity index (χ1v) is 11.8. The number of halogens is 4. The maximum atomic E-state index is 12.9. The van der Waals surface area contributed by atoms with Crippen LogP contribution >= 0.6 is 11.6 Å². The lowest BCUT2D eigenvalue weighted by Gasteiger charge is -2.22. The van der Waals surface area contributed by atoms with Crippen molar-refractivity contribution in [2.45, 2.75) is 78.2 Å². The van der Waals surface area contributed by atoms with E-state index in [-0.39, 0.29) is 6.10 Å². The highest BCUT2D eigenvalue weighted by atomic mass is 35.5. The molecule has 35 heavy (non-hydrogen) atoms. The summed E-state index contributed by atoms with van der Waals surface area (Å²) in [4.78, 5) is 21.7. The van der Waals surface area contributed by atoms with Crippen LogP contribution in [0.25, 0.3) is 22.0 Å². The van der Waals surface area contributed by atoms with E-state index in [2.05, 4.69) is 9.97 Å². The number of alkyl halides is 3. The Morgan fingerprint density at radius 2 is 1.83 bits per heavy atom. The molecule has 0 amide bonds. The molecule has 0 N–H and O–H groups in total. The molecule has 3 aromatic rings. The fourth-order valence-corrected chi connectivity index (χ4v) is 4.28. The zero-order valence-corrected chi connectivity index (χ0v) is 20.9. The Labute approximate surface area is 207 Å². The van der Waals surface area contributed by atoms with Gasteiger partial charge in [-0.3, -0.25) is 4.57 Å². The highest BCUT2D eigenvalue weighted by molar-refractivity contribution is 6.35. The lowest BCUT2D eigenvalue weighted by atomic mass is 9.98. The molecule has 0 radical (unpaired) electrons. The fraction of sp³-hybridized carbons (Fsp3) is 0.480. The molecule has 0 aromatic carbocycles. The zero-order valence-electron chi connectivity index (χ0n) is 20.2. The van der Waals surface area contributed by atoms with E-state index >= 15 is 0 Å². The monoisotopic (exact) mass is 511 g/mol. The minimum atomic E-state index is -3.67. The van der Waals surface area contributed by atoms with E-state index in [1.807, 2.05) is 39.8 Å². The van der Waals surface area contributed by atoms with Crippen molar-refractivity contribution < 1.29 is 27.4 Å². The summed E-state index contributed by atoms with van der Waals surface area (Å²) in [7, 11) is 0. The van der Waals surface area contributed by atoms with E-state index in [4.69, 9.17) is 21.1 Å². The largest absolute Gasteiger partial charge is 0.474 e. The lowest BCUT2D eigenvalue weighted by Crippen LogP contribution is -2.26. The summed E-state index contributed by atoms with van der Waals surface area (Å²) in [6, 6.07) is 5.65. The van der Waals surface area contributed by atoms with E-state index in [0.29, 0.717) is 21.9 Å². The minimum Gasteiger partial charge on any atom is -0.474 e. The average molecular weight is 512 g/mol. The third kappa shape index (κ3) is 7.34. The third-order valence-corrected chi connectivity index (χ3v) is 5.63. The molecule has 6 nitrogen and oxygen atoms in total. The van der Waals surface area contributed by atoms with Gasteiger partial charge < -0.3 is 9.47 Å². The molecule has 3 aromatic heterocycles. The predicted octanol–water partition coefficient (Wildman–Crippen LogP) is 7.73. The Kier molecular flexibility index (Phi) is 8.64. The van der Waals surface area contributed by atoms with Gasteiger partial charge in [-0.1, -0.05) is 18.0 Å². The van der Waals surface area contributed by atoms with E-state index in [0.717, 1.165) is 29.7 Å². The van der Waals surface area contributed by atoms with Gasteiger partial charge in [-0.05, 0) is 71.1 Å². The first-order chi connectivity index (χ1) is 16.4. The molecule has 0 spiro atoms. The summed E-state index contributed by atoms with van der Waals surface area (Å²) in [6.07, 6.45) is 8.83. The molecule has 4 rings (SSSR count). The van der Waals surface area contributed by atoms with Gasteiger partial charge in [-0.25, -0.2) is 14.8 Å². The molecular formula is C25H29ClF3N3O3. The molecule has 1 aliphatic carbocycles. The standard InChI is InChI=1S/C24H28ClN3O3.CHF3/c1-15-12-16(13-20(27-15)30-17-8-6-5-7-9-17)18-14-28(23(29)31-24(2,3)4)19-10-11-26-22(25)21(18)19;2-1(3)4/h10-14,17H,5-9H2,1-4H3;1H. The molecule has 3 heterocycles. The summed E-state index contributed by atoms with van der Waals surface area (Å²) in [6.45, 7) is 3.79. The molecule has 0 aliphatic heterocycles. The van der Waals surface area contributed by atoms with Gasteiger partial charge in [0, 0.05) is 35.1 Å². The second-order valence-electron chi connectivity index (χ2n) is 9.35. The van der Waals surface area contributed by atoms with Crippen LogP contribution in [0.5, 0.6) is 5.88 Å². The summed E-state index contributed by atoms with van der Waals surface area (Å²) in [5.41, 5.74) is 2.53. The van der Waals surface area contributed by atoms with E-state index in [9.17, 15) is 18.0 Å². The second kappa shape index (κ2) is 11.3. The van der Waals surface area contributed by atoms with Crippen LogP contribution in [0.1, 0.15) is 58.6 Å². The summed E-state index contributed by atoms with van der Waals surface area (Å²) >= 11 is 6.47. The molecule has 190 valence electrons. The van der Waals surface area contributed by atoms with Crippen molar-refractivity contribution in [2.75, 3.05) is 0 Å². The van der Waals surface area contributed by atoms with Crippen molar-refractivity contribution in [3.63, 3.8) is 0 Å². The maximum absolute atomic E-state index is 12.9. The molecule has 0 unspecified atom stereocenters. The van der Waals surface area contributed by atoms with Crippen LogP contribution in [0.3, 0.4) is 0 Å². The molecular weight excluding hydrogens is 483 g/mol. The van der Waals surface area contributed by atoms with Crippen LogP contribution in [0.2, 0.25) is 5.15 Å². The summed E-state index contributed by atoms with van der Waals surface area (Å²) in [5.74, 6) is 0.597. The Hall–Kier alpha value is -2.81. The Bertz CT molecular complexity index is 1170. The first kappa shape index (κ1) is 26.8. The average Bonchev–Trinajstić information content (AvgIpc) is 3.14. The van der Waals surface area contributed by atoms with Crippen LogP contribution in [0, 0.1) is 6.92 Å². The van der Waals surface area contributed by atoms with Crippen molar-refractivity contribution in [2.24, 2.45) is 0 Å². The van der Waals surface area contributed by atoms with Gasteiger partial charge in [-0.15, -0.1) is 0 Å². The SMILES string of the molecule is Cc1cc(-c2cn(C(=O)OC(C)(C)C)c3ccnc(Cl)c23)cc(OC2CCCCC2)n1.FC(F)F. The quantitative estimate of drug-likeness (QED) is 0.336. The topological polar surface area (TPSA) is 66.2 Å². The first-order valence-electron chi connectivity index (χ1n) is 11.4. The van der Waals surface area contributed by atoms with Gasteiger partial charge in [0.1, 0.15) is 16.9 Å². The second-order valence-corrected chi connectivity index (χ2v) is 9.71. The van der Waals surface area contributed by atoms with Gasteiger partial charge in [0.2, 0.25) is 5.88 Å². The van der Waals surface area contributed by atoms with Gasteiger partial charge in [0.05, 0.1) is 5.52 Å². The number of hydrogen-bond donors (Lipinski definition) is 0. The minimum absolute atomic E-state index is 0.198. The van der Waals surface area contributed by atoms with Gasteiger partial charge >= 0.3 is 12.8 Å². The van der Waals surface area contributed by atoms with Crippen molar-refractivity contribution in [1.82, 2.24) is 14.5 Å². The number of ether oxygens (including phenoxy) is 2. The van der Waals surface area contributed by atoms with Crippen molar-refractivity contribution >= 4 is 28.6 Å². The number of fused-ring (bicyclic) bond motifs is 1. The van der Waals surface area contributed by atoms with Crippen LogP contribution in [0.15, 0.2) is 30.6 Å². The van der Waals surface area contributed by atoms with Gasteiger partial charge in [-0.2, -0.15) is 13.2 Å². The summed E-state index contributed by atoms with van der Waals surface area (Å²) in [5, 5.41) is 1.03. The van der Waals surface area contributed by atoms with Crippen LogP contribution in [0.4, 0.5) is 18.0 Å². The molecule has 1 fully saturated rings. The number of pyridine rings is 2. The summed E-state index contributed by atoms with van der Waals surface area (Å²) < 4.78 is 42.3. The zero-order chi connectivity index (χ0) is 25.8. The molecule has 10 heteroatoms. The number of aryl methyl sites for hydroxylation is 1.